The van der Waals surface area contributed by atoms with Crippen LogP contribution in [0.4, 0.5) is 10.5 Å². The summed E-state index contributed by atoms with van der Waals surface area (Å²) in [6.07, 6.45) is -0.427. The van der Waals surface area contributed by atoms with Gasteiger partial charge in [0.05, 0.1) is 12.5 Å². The second-order valence-corrected chi connectivity index (χ2v) is 10.3. The van der Waals surface area contributed by atoms with E-state index in [9.17, 15) is 14.4 Å². The van der Waals surface area contributed by atoms with Gasteiger partial charge in [-0.3, -0.25) is 4.79 Å². The van der Waals surface area contributed by atoms with Crippen LogP contribution in [0.3, 0.4) is 0 Å². The van der Waals surface area contributed by atoms with Crippen LogP contribution in [0.1, 0.15) is 34.3 Å². The zero-order valence-electron chi connectivity index (χ0n) is 21.3. The number of amides is 2. The zero-order valence-corrected chi connectivity index (χ0v) is 25.8. The molecule has 0 aliphatic heterocycles. The molecule has 0 aliphatic rings. The first-order valence-electron chi connectivity index (χ1n) is 11.5. The van der Waals surface area contributed by atoms with Gasteiger partial charge >= 0.3 is 6.09 Å². The predicted octanol–water partition coefficient (Wildman–Crippen LogP) is 6.66. The number of carbonyl (C=O) groups excluding carboxylic acids is 3. The van der Waals surface area contributed by atoms with Gasteiger partial charge in [-0.15, -0.1) is 12.1 Å². The van der Waals surface area contributed by atoms with Crippen LogP contribution >= 0.6 is 21.6 Å². The van der Waals surface area contributed by atoms with E-state index in [-0.39, 0.29) is 38.5 Å². The van der Waals surface area contributed by atoms with Crippen molar-refractivity contribution in [2.45, 2.75) is 12.8 Å². The minimum atomic E-state index is -0.649. The van der Waals surface area contributed by atoms with E-state index in [2.05, 4.69) is 11.4 Å². The number of hydrogen-bond acceptors (Lipinski definition) is 7. The van der Waals surface area contributed by atoms with E-state index >= 15 is 0 Å². The molecule has 0 bridgehead atoms. The van der Waals surface area contributed by atoms with Crippen LogP contribution in [0, 0.1) is 6.07 Å². The minimum absolute atomic E-state index is 0. The van der Waals surface area contributed by atoms with Gasteiger partial charge in [-0.05, 0) is 11.6 Å². The second-order valence-electron chi connectivity index (χ2n) is 7.59. The van der Waals surface area contributed by atoms with Crippen LogP contribution in [0.2, 0.25) is 0 Å². The summed E-state index contributed by atoms with van der Waals surface area (Å²) in [6.45, 7) is 2.81. The Morgan fingerprint density at radius 2 is 1.55 bits per heavy atom. The van der Waals surface area contributed by atoms with Crippen molar-refractivity contribution in [2.24, 2.45) is 0 Å². The first kappa shape index (κ1) is 33.9. The molecule has 7 nitrogen and oxygen atoms in total. The Balaban J connectivity index is 0.000000371. The van der Waals surface area contributed by atoms with E-state index in [0.29, 0.717) is 29.0 Å². The van der Waals surface area contributed by atoms with Crippen LogP contribution in [-0.4, -0.2) is 49.6 Å². The molecule has 0 aromatic heterocycles. The Kier molecular flexibility index (Phi) is 17.7. The normalized spacial score (nSPS) is 10.7. The van der Waals surface area contributed by atoms with Gasteiger partial charge in [0.15, 0.2) is 5.78 Å². The Hall–Kier alpha value is -2.17. The number of methoxy groups -OCH3 is 1. The third-order valence-corrected chi connectivity index (χ3v) is 7.23. The number of benzene rings is 3. The van der Waals surface area contributed by atoms with E-state index in [4.69, 9.17) is 15.2 Å². The smallest absolute Gasteiger partial charge is 0.409 e. The molecule has 1 atom stereocenters. The van der Waals surface area contributed by atoms with Crippen molar-refractivity contribution < 1.29 is 56.6 Å². The summed E-state index contributed by atoms with van der Waals surface area (Å²) in [5.74, 6) is 0.470. The maximum atomic E-state index is 12.3. The van der Waals surface area contributed by atoms with E-state index in [1.165, 1.54) is 0 Å². The largest absolute Gasteiger partial charge is 0.667 e. The van der Waals surface area contributed by atoms with Crippen molar-refractivity contribution in [1.29, 1.82) is 0 Å². The number of carbonyl (C=O) groups is 3. The number of nitrogens with one attached hydrogen (secondary N) is 2. The maximum Gasteiger partial charge on any atom is 0.409 e. The molecule has 2 amide bonds. The van der Waals surface area contributed by atoms with E-state index in [1.807, 2.05) is 18.2 Å². The van der Waals surface area contributed by atoms with E-state index in [0.717, 1.165) is 18.1 Å². The summed E-state index contributed by atoms with van der Waals surface area (Å²) in [6, 6.07) is 25.8. The summed E-state index contributed by atoms with van der Waals surface area (Å²) in [5, 5.41) is 2.64. The Morgan fingerprint density at radius 1 is 0.921 bits per heavy atom. The molecule has 1 unspecified atom stereocenters. The van der Waals surface area contributed by atoms with Crippen LogP contribution < -0.4 is 5.32 Å². The van der Waals surface area contributed by atoms with Crippen molar-refractivity contribution >= 4 is 45.1 Å². The summed E-state index contributed by atoms with van der Waals surface area (Å²) < 4.78 is 9.95. The molecule has 3 aromatic rings. The van der Waals surface area contributed by atoms with Gasteiger partial charge in [0, 0.05) is 68.4 Å². The van der Waals surface area contributed by atoms with Crippen molar-refractivity contribution in [3.8, 4) is 0 Å². The van der Waals surface area contributed by atoms with Gasteiger partial charge < -0.3 is 25.3 Å². The van der Waals surface area contributed by atoms with Gasteiger partial charge in [-0.1, -0.05) is 82.7 Å². The van der Waals surface area contributed by atoms with Crippen molar-refractivity contribution in [3.63, 3.8) is 0 Å². The SMILES string of the molecule is CC(C([NH-])=O)c1cccc(C(=O)c2ccccc2)c1.COCCSSCCOC(=O)Nc1cc[c-]cc1.[Y]. The molecular formula is C28H30N2O5S2Y-2. The third-order valence-electron chi connectivity index (χ3n) is 4.90. The van der Waals surface area contributed by atoms with Crippen LogP contribution in [0.15, 0.2) is 78.9 Å². The Bertz CT molecular complexity index is 1120. The minimum Gasteiger partial charge on any atom is -0.667 e. The molecule has 0 aliphatic carbocycles. The third kappa shape index (κ3) is 13.1. The number of rotatable bonds is 12. The molecule has 38 heavy (non-hydrogen) atoms. The Morgan fingerprint density at radius 3 is 2.18 bits per heavy atom. The van der Waals surface area contributed by atoms with Crippen LogP contribution in [0.5, 0.6) is 0 Å². The molecule has 0 saturated heterocycles. The molecule has 1 radical (unpaired) electrons. The van der Waals surface area contributed by atoms with Crippen LogP contribution in [-0.2, 0) is 47.0 Å². The monoisotopic (exact) mass is 627 g/mol. The van der Waals surface area contributed by atoms with Crippen molar-refractivity contribution in [2.75, 3.05) is 37.1 Å². The number of hydrogen-bond donors (Lipinski definition) is 1. The van der Waals surface area contributed by atoms with E-state index < -0.39 is 17.9 Å². The quantitative estimate of drug-likeness (QED) is 0.104. The first-order valence-corrected chi connectivity index (χ1v) is 14.0. The van der Waals surface area contributed by atoms with Gasteiger partial charge in [-0.2, -0.15) is 18.2 Å². The van der Waals surface area contributed by atoms with Gasteiger partial charge in [0.25, 0.3) is 0 Å². The maximum absolute atomic E-state index is 12.3. The first-order chi connectivity index (χ1) is 17.9. The summed E-state index contributed by atoms with van der Waals surface area (Å²) >= 11 is 0. The number of anilines is 1. The van der Waals surface area contributed by atoms with Crippen molar-refractivity contribution in [3.05, 3.63) is 107 Å². The summed E-state index contributed by atoms with van der Waals surface area (Å²) in [5.41, 5.74) is 9.70. The molecule has 3 rings (SSSR count). The van der Waals surface area contributed by atoms with Gasteiger partial charge in [0.2, 0.25) is 0 Å². The summed E-state index contributed by atoms with van der Waals surface area (Å²) in [7, 11) is 5.06. The molecule has 3 aromatic carbocycles. The number of ketones is 1. The fraction of sp³-hybridized carbons (Fsp3) is 0.250. The molecule has 10 heteroatoms. The standard InChI is InChI=1S/C16H15NO2.C12H16NO3S2.Y/c1-11(16(17)19)13-8-5-9-14(10-13)15(18)12-6-3-2-4-7-12;1-15-7-9-17-18-10-8-16-12(14)13-11-5-3-2-4-6-11;/h2-11H,1H3,(H2,17,19);3-6H,7-10H2,1H3,(H,13,14);/q;-1;/p-1. The average Bonchev–Trinajstić information content (AvgIpc) is 2.93. The van der Waals surface area contributed by atoms with Gasteiger partial charge in [-0.25, -0.2) is 4.79 Å². The Labute approximate surface area is 257 Å². The molecular weight excluding hydrogens is 597 g/mol. The summed E-state index contributed by atoms with van der Waals surface area (Å²) in [4.78, 5) is 34.7. The topological polar surface area (TPSA) is 106 Å². The van der Waals surface area contributed by atoms with Crippen molar-refractivity contribution in [1.82, 2.24) is 0 Å². The molecule has 0 heterocycles. The second kappa shape index (κ2) is 19.8. The zero-order chi connectivity index (χ0) is 26.9. The molecule has 0 fully saturated rings. The van der Waals surface area contributed by atoms with Crippen LogP contribution in [0.25, 0.3) is 5.73 Å². The average molecular weight is 628 g/mol. The fourth-order valence-corrected chi connectivity index (χ4v) is 4.62. The molecule has 0 saturated carbocycles. The predicted molar refractivity (Wildman–Crippen MR) is 151 cm³/mol. The molecule has 199 valence electrons. The van der Waals surface area contributed by atoms with Gasteiger partial charge in [0.1, 0.15) is 6.61 Å². The number of ether oxygens (including phenoxy) is 2. The van der Waals surface area contributed by atoms with E-state index in [1.54, 1.807) is 96.3 Å². The fourth-order valence-electron chi connectivity index (χ4n) is 2.88. The molecule has 2 N–H and O–H groups in total. The molecule has 0 spiro atoms.